The van der Waals surface area contributed by atoms with Crippen LogP contribution in [0.1, 0.15) is 31.9 Å². The Morgan fingerprint density at radius 1 is 1.30 bits per heavy atom. The van der Waals surface area contributed by atoms with Crippen LogP contribution in [0.25, 0.3) is 0 Å². The zero-order valence-corrected chi connectivity index (χ0v) is 13.0. The molecule has 0 saturated carbocycles. The first-order chi connectivity index (χ1) is 9.27. The Kier molecular flexibility index (Phi) is 5.57. The molecule has 0 aliphatic heterocycles. The van der Waals surface area contributed by atoms with Crippen LogP contribution in [-0.2, 0) is 26.2 Å². The van der Waals surface area contributed by atoms with Crippen molar-refractivity contribution >= 4 is 29.2 Å². The minimum absolute atomic E-state index is 0.106. The lowest BCUT2D eigenvalue weighted by molar-refractivity contribution is -0.139. The number of hydrogen-bond acceptors (Lipinski definition) is 3. The molecule has 0 radical (unpaired) electrons. The van der Waals surface area contributed by atoms with Crippen LogP contribution in [0, 0.1) is 0 Å². The van der Waals surface area contributed by atoms with Crippen molar-refractivity contribution in [1.29, 1.82) is 0 Å². The topological polar surface area (TPSA) is 55.4 Å². The number of ether oxygens (including phenoxy) is 1. The van der Waals surface area contributed by atoms with E-state index < -0.39 is 0 Å². The van der Waals surface area contributed by atoms with Crippen LogP contribution in [0.3, 0.4) is 0 Å². The normalized spacial score (nSPS) is 11.1. The number of nitrogens with one attached hydrogen (secondary N) is 1. The zero-order chi connectivity index (χ0) is 15.3. The number of amides is 1. The predicted octanol–water partition coefficient (Wildman–Crippen LogP) is 2.88. The summed E-state index contributed by atoms with van der Waals surface area (Å²) in [6, 6.07) is 5.58. The van der Waals surface area contributed by atoms with Gasteiger partial charge in [-0.25, -0.2) is 0 Å². The quantitative estimate of drug-likeness (QED) is 0.687. The molecule has 0 aliphatic carbocycles. The van der Waals surface area contributed by atoms with E-state index in [0.29, 0.717) is 5.69 Å². The van der Waals surface area contributed by atoms with Gasteiger partial charge in [0.15, 0.2) is 0 Å². The minimum atomic E-state index is -0.317. The molecular weight excluding hydrogens is 278 g/mol. The summed E-state index contributed by atoms with van der Waals surface area (Å²) in [4.78, 5) is 22.8. The first-order valence-electron chi connectivity index (χ1n) is 6.34. The lowest BCUT2D eigenvalue weighted by atomic mass is 9.85. The van der Waals surface area contributed by atoms with Crippen LogP contribution in [0.15, 0.2) is 18.2 Å². The molecule has 1 aromatic carbocycles. The van der Waals surface area contributed by atoms with Crippen molar-refractivity contribution in [3.63, 3.8) is 0 Å². The Morgan fingerprint density at radius 2 is 1.95 bits per heavy atom. The molecule has 0 saturated heterocycles. The van der Waals surface area contributed by atoms with Gasteiger partial charge < -0.3 is 10.1 Å². The Morgan fingerprint density at radius 3 is 2.45 bits per heavy atom. The van der Waals surface area contributed by atoms with E-state index in [9.17, 15) is 9.59 Å². The van der Waals surface area contributed by atoms with Gasteiger partial charge in [-0.1, -0.05) is 32.9 Å². The standard InChI is InChI=1S/C15H20ClNO3/c1-15(2,3)11-6-5-10(8-14(19)20-4)7-12(11)17-13(18)9-16/h5-7H,8-9H2,1-4H3,(H,17,18). The molecule has 4 nitrogen and oxygen atoms in total. The Balaban J connectivity index is 3.14. The fourth-order valence-corrected chi connectivity index (χ4v) is 1.95. The van der Waals surface area contributed by atoms with E-state index in [0.717, 1.165) is 11.1 Å². The number of halogens is 1. The molecule has 20 heavy (non-hydrogen) atoms. The fourth-order valence-electron chi connectivity index (χ4n) is 1.88. The number of alkyl halides is 1. The van der Waals surface area contributed by atoms with Gasteiger partial charge in [0.1, 0.15) is 5.88 Å². The summed E-state index contributed by atoms with van der Waals surface area (Å²) in [6.07, 6.45) is 0.171. The summed E-state index contributed by atoms with van der Waals surface area (Å²) >= 11 is 5.53. The van der Waals surface area contributed by atoms with E-state index in [1.54, 1.807) is 6.07 Å². The van der Waals surface area contributed by atoms with E-state index in [1.807, 2.05) is 12.1 Å². The molecule has 0 bridgehead atoms. The van der Waals surface area contributed by atoms with Crippen LogP contribution < -0.4 is 5.32 Å². The number of anilines is 1. The SMILES string of the molecule is COC(=O)Cc1ccc(C(C)(C)C)c(NC(=O)CCl)c1. The summed E-state index contributed by atoms with van der Waals surface area (Å²) in [7, 11) is 1.35. The second-order valence-corrected chi connectivity index (χ2v) is 5.83. The third kappa shape index (κ3) is 4.53. The second-order valence-electron chi connectivity index (χ2n) is 5.56. The van der Waals surface area contributed by atoms with Crippen LogP contribution in [-0.4, -0.2) is 24.9 Å². The van der Waals surface area contributed by atoms with E-state index in [1.165, 1.54) is 7.11 Å². The first kappa shape index (κ1) is 16.5. The van der Waals surface area contributed by atoms with Crippen LogP contribution >= 0.6 is 11.6 Å². The fraction of sp³-hybridized carbons (Fsp3) is 0.467. The van der Waals surface area contributed by atoms with Gasteiger partial charge in [0, 0.05) is 5.69 Å². The molecule has 1 amide bonds. The number of carbonyl (C=O) groups excluding carboxylic acids is 2. The van der Waals surface area contributed by atoms with Crippen molar-refractivity contribution in [3.05, 3.63) is 29.3 Å². The highest BCUT2D eigenvalue weighted by molar-refractivity contribution is 6.29. The number of benzene rings is 1. The highest BCUT2D eigenvalue weighted by Gasteiger charge is 2.19. The average molecular weight is 298 g/mol. The van der Waals surface area contributed by atoms with Gasteiger partial charge in [0.25, 0.3) is 0 Å². The van der Waals surface area contributed by atoms with Crippen molar-refractivity contribution in [2.75, 3.05) is 18.3 Å². The van der Waals surface area contributed by atoms with Crippen LogP contribution in [0.5, 0.6) is 0 Å². The smallest absolute Gasteiger partial charge is 0.309 e. The predicted molar refractivity (Wildman–Crippen MR) is 80.2 cm³/mol. The first-order valence-corrected chi connectivity index (χ1v) is 6.87. The lowest BCUT2D eigenvalue weighted by Gasteiger charge is -2.23. The maximum Gasteiger partial charge on any atom is 0.309 e. The summed E-state index contributed by atoms with van der Waals surface area (Å²) in [5, 5.41) is 2.78. The summed E-state index contributed by atoms with van der Waals surface area (Å²) in [6.45, 7) is 6.16. The summed E-state index contributed by atoms with van der Waals surface area (Å²) < 4.78 is 4.65. The third-order valence-corrected chi connectivity index (χ3v) is 3.11. The van der Waals surface area contributed by atoms with E-state index in [-0.39, 0.29) is 29.6 Å². The molecular formula is C15H20ClNO3. The average Bonchev–Trinajstić information content (AvgIpc) is 2.37. The molecule has 1 N–H and O–H groups in total. The van der Waals surface area contributed by atoms with Gasteiger partial charge in [0.05, 0.1) is 13.5 Å². The maximum atomic E-state index is 11.5. The molecule has 0 fully saturated rings. The molecule has 0 heterocycles. The monoisotopic (exact) mass is 297 g/mol. The highest BCUT2D eigenvalue weighted by Crippen LogP contribution is 2.30. The Bertz CT molecular complexity index is 506. The van der Waals surface area contributed by atoms with Gasteiger partial charge in [0.2, 0.25) is 5.91 Å². The number of methoxy groups -OCH3 is 1. The number of esters is 1. The molecule has 0 unspecified atom stereocenters. The van der Waals surface area contributed by atoms with Crippen molar-refractivity contribution in [3.8, 4) is 0 Å². The lowest BCUT2D eigenvalue weighted by Crippen LogP contribution is -2.20. The van der Waals surface area contributed by atoms with Crippen molar-refractivity contribution in [1.82, 2.24) is 0 Å². The van der Waals surface area contributed by atoms with E-state index in [2.05, 4.69) is 30.8 Å². The number of hydrogen-bond donors (Lipinski definition) is 1. The minimum Gasteiger partial charge on any atom is -0.469 e. The van der Waals surface area contributed by atoms with Crippen molar-refractivity contribution in [2.45, 2.75) is 32.6 Å². The Labute approximate surface area is 124 Å². The van der Waals surface area contributed by atoms with Gasteiger partial charge >= 0.3 is 5.97 Å². The largest absolute Gasteiger partial charge is 0.469 e. The van der Waals surface area contributed by atoms with Crippen LogP contribution in [0.4, 0.5) is 5.69 Å². The van der Waals surface area contributed by atoms with Gasteiger partial charge in [-0.2, -0.15) is 0 Å². The zero-order valence-electron chi connectivity index (χ0n) is 12.2. The molecule has 110 valence electrons. The second kappa shape index (κ2) is 6.75. The highest BCUT2D eigenvalue weighted by atomic mass is 35.5. The van der Waals surface area contributed by atoms with E-state index in [4.69, 9.17) is 11.6 Å². The molecule has 5 heteroatoms. The Hall–Kier alpha value is -1.55. The maximum absolute atomic E-state index is 11.5. The molecule has 1 aromatic rings. The van der Waals surface area contributed by atoms with Crippen LogP contribution in [0.2, 0.25) is 0 Å². The summed E-state index contributed by atoms with van der Waals surface area (Å²) in [5.74, 6) is -0.694. The third-order valence-electron chi connectivity index (χ3n) is 2.86. The van der Waals surface area contributed by atoms with Gasteiger partial charge in [-0.05, 0) is 22.6 Å². The van der Waals surface area contributed by atoms with Crippen molar-refractivity contribution in [2.24, 2.45) is 0 Å². The van der Waals surface area contributed by atoms with Gasteiger partial charge in [-0.15, -0.1) is 11.6 Å². The summed E-state index contributed by atoms with van der Waals surface area (Å²) in [5.41, 5.74) is 2.34. The number of carbonyl (C=O) groups is 2. The number of rotatable bonds is 4. The van der Waals surface area contributed by atoms with E-state index >= 15 is 0 Å². The molecule has 0 atom stereocenters. The molecule has 1 rings (SSSR count). The molecule has 0 spiro atoms. The van der Waals surface area contributed by atoms with Gasteiger partial charge in [-0.3, -0.25) is 9.59 Å². The van der Waals surface area contributed by atoms with Crippen molar-refractivity contribution < 1.29 is 14.3 Å². The molecule has 0 aromatic heterocycles. The molecule has 0 aliphatic rings.